The summed E-state index contributed by atoms with van der Waals surface area (Å²) >= 11 is 0. The van der Waals surface area contributed by atoms with Gasteiger partial charge in [-0.25, -0.2) is 14.8 Å². The van der Waals surface area contributed by atoms with Crippen molar-refractivity contribution in [3.63, 3.8) is 0 Å². The fourth-order valence-corrected chi connectivity index (χ4v) is 5.81. The average molecular weight is 587 g/mol. The Hall–Kier alpha value is -4.57. The molecule has 0 aromatic heterocycles. The predicted octanol–water partition coefficient (Wildman–Crippen LogP) is 3.66. The Morgan fingerprint density at radius 1 is 0.953 bits per heavy atom. The first-order valence-electron chi connectivity index (χ1n) is 14.1. The third-order valence-corrected chi connectivity index (χ3v) is 8.02. The normalized spacial score (nSPS) is 20.4. The Kier molecular flexibility index (Phi) is 9.60. The lowest BCUT2D eigenvalue weighted by molar-refractivity contribution is -0.196. The molecular weight excluding hydrogens is 544 g/mol. The molecule has 2 N–H and O–H groups in total. The Labute approximate surface area is 254 Å². The molecule has 4 amide bonds. The summed E-state index contributed by atoms with van der Waals surface area (Å²) in [5.74, 6) is -0.267. The summed E-state index contributed by atoms with van der Waals surface area (Å²) in [6, 6.07) is 22.6. The van der Waals surface area contributed by atoms with Gasteiger partial charge in [0.05, 0.1) is 12.6 Å². The van der Waals surface area contributed by atoms with Gasteiger partial charge in [-0.3, -0.25) is 9.59 Å². The second-order valence-corrected chi connectivity index (χ2v) is 11.2. The smallest absolute Gasteiger partial charge is 0.334 e. The molecule has 3 atom stereocenters. The fourth-order valence-electron chi connectivity index (χ4n) is 5.81. The summed E-state index contributed by atoms with van der Waals surface area (Å²) in [5, 5.41) is 16.0. The highest BCUT2D eigenvalue weighted by Crippen LogP contribution is 2.33. The van der Waals surface area contributed by atoms with E-state index in [1.165, 1.54) is 0 Å². The number of hydrogen-bond donors (Lipinski definition) is 2. The van der Waals surface area contributed by atoms with Crippen molar-refractivity contribution in [3.05, 3.63) is 95.6 Å². The van der Waals surface area contributed by atoms with Crippen molar-refractivity contribution in [3.8, 4) is 5.75 Å². The van der Waals surface area contributed by atoms with Gasteiger partial charge < -0.3 is 25.1 Å². The largest absolute Gasteiger partial charge is 0.508 e. The van der Waals surface area contributed by atoms with Crippen LogP contribution in [-0.4, -0.2) is 88.7 Å². The summed E-state index contributed by atoms with van der Waals surface area (Å²) in [7, 11) is 5.66. The number of amides is 4. The van der Waals surface area contributed by atoms with Crippen molar-refractivity contribution in [2.75, 3.05) is 32.6 Å². The van der Waals surface area contributed by atoms with Crippen LogP contribution < -0.4 is 10.2 Å². The zero-order valence-corrected chi connectivity index (χ0v) is 24.5. The molecule has 2 fully saturated rings. The van der Waals surface area contributed by atoms with Gasteiger partial charge in [-0.05, 0) is 47.9 Å². The number of hydrazine groups is 1. The van der Waals surface area contributed by atoms with Gasteiger partial charge in [-0.2, -0.15) is 0 Å². The minimum atomic E-state index is -0.821. The van der Waals surface area contributed by atoms with Gasteiger partial charge >= 0.3 is 6.03 Å². The number of rotatable bonds is 7. The van der Waals surface area contributed by atoms with E-state index in [0.717, 1.165) is 22.4 Å². The maximum Gasteiger partial charge on any atom is 0.334 e. The Morgan fingerprint density at radius 3 is 2.30 bits per heavy atom. The monoisotopic (exact) mass is 586 g/mol. The van der Waals surface area contributed by atoms with Crippen molar-refractivity contribution in [2.45, 2.75) is 52.1 Å². The van der Waals surface area contributed by atoms with Crippen LogP contribution in [0.15, 0.2) is 78.9 Å². The van der Waals surface area contributed by atoms with Gasteiger partial charge in [-0.1, -0.05) is 62.0 Å². The molecule has 3 aromatic rings. The molecule has 5 rings (SSSR count). The highest BCUT2D eigenvalue weighted by molar-refractivity contribution is 5.92. The van der Waals surface area contributed by atoms with Gasteiger partial charge in [0.1, 0.15) is 18.0 Å². The highest BCUT2D eigenvalue weighted by atomic mass is 16.3. The second-order valence-electron chi connectivity index (χ2n) is 11.2. The van der Waals surface area contributed by atoms with E-state index in [4.69, 9.17) is 0 Å². The van der Waals surface area contributed by atoms with Crippen LogP contribution in [0.1, 0.15) is 31.0 Å². The molecule has 0 aliphatic carbocycles. The maximum atomic E-state index is 14.2. The summed E-state index contributed by atoms with van der Waals surface area (Å²) < 4.78 is 0. The molecule has 2 saturated heterocycles. The molecule has 0 spiro atoms. The summed E-state index contributed by atoms with van der Waals surface area (Å²) in [5.41, 5.74) is 3.73. The Morgan fingerprint density at radius 2 is 1.63 bits per heavy atom. The SMILES string of the molecule is C.C[C@H]1[C@H]2N(C(=O)CN(C)N2C(=O)NCc2ccccc2)[C@@H](Cc2ccc(O)cc2)C(=O)N1Cc1cccc(N(C)C)c1. The minimum absolute atomic E-state index is 0. The number of phenols is 1. The van der Waals surface area contributed by atoms with Crippen LogP contribution in [-0.2, 0) is 29.1 Å². The molecule has 228 valence electrons. The van der Waals surface area contributed by atoms with E-state index in [1.54, 1.807) is 51.1 Å². The van der Waals surface area contributed by atoms with Gasteiger partial charge in [0.15, 0.2) is 0 Å². The molecule has 2 aliphatic rings. The summed E-state index contributed by atoms with van der Waals surface area (Å²) in [6.07, 6.45) is -0.463. The van der Waals surface area contributed by atoms with E-state index < -0.39 is 18.2 Å². The number of nitrogens with one attached hydrogen (secondary N) is 1. The second kappa shape index (κ2) is 13.2. The van der Waals surface area contributed by atoms with Crippen molar-refractivity contribution >= 4 is 23.5 Å². The highest BCUT2D eigenvalue weighted by Gasteiger charge is 2.54. The van der Waals surface area contributed by atoms with Crippen LogP contribution in [0, 0.1) is 0 Å². The number of carbonyl (C=O) groups excluding carboxylic acids is 3. The van der Waals surface area contributed by atoms with E-state index in [0.29, 0.717) is 13.1 Å². The van der Waals surface area contributed by atoms with E-state index in [-0.39, 0.29) is 44.0 Å². The number of aromatic hydroxyl groups is 1. The van der Waals surface area contributed by atoms with Gasteiger partial charge in [0, 0.05) is 46.3 Å². The molecule has 3 aromatic carbocycles. The van der Waals surface area contributed by atoms with Crippen LogP contribution in [0.25, 0.3) is 0 Å². The van der Waals surface area contributed by atoms with Crippen molar-refractivity contribution in [1.29, 1.82) is 0 Å². The summed E-state index contributed by atoms with van der Waals surface area (Å²) in [6.45, 7) is 2.52. The fraction of sp³-hybridized carbons (Fsp3) is 0.364. The third-order valence-electron chi connectivity index (χ3n) is 8.02. The lowest BCUT2D eigenvalue weighted by atomic mass is 9.95. The zero-order chi connectivity index (χ0) is 30.0. The first-order valence-corrected chi connectivity index (χ1v) is 14.1. The van der Waals surface area contributed by atoms with Gasteiger partial charge in [0.25, 0.3) is 0 Å². The van der Waals surface area contributed by atoms with Crippen molar-refractivity contribution in [1.82, 2.24) is 25.1 Å². The number of carbonyl (C=O) groups is 3. The van der Waals surface area contributed by atoms with Crippen LogP contribution in [0.4, 0.5) is 10.5 Å². The van der Waals surface area contributed by atoms with E-state index >= 15 is 0 Å². The minimum Gasteiger partial charge on any atom is -0.508 e. The number of anilines is 1. The molecule has 10 nitrogen and oxygen atoms in total. The van der Waals surface area contributed by atoms with Crippen molar-refractivity contribution in [2.24, 2.45) is 0 Å². The lowest BCUT2D eigenvalue weighted by Crippen LogP contribution is -2.78. The third kappa shape index (κ3) is 6.59. The first-order chi connectivity index (χ1) is 20.1. The number of fused-ring (bicyclic) bond motifs is 1. The molecule has 0 saturated carbocycles. The quantitative estimate of drug-likeness (QED) is 0.439. The van der Waals surface area contributed by atoms with Crippen LogP contribution in [0.2, 0.25) is 0 Å². The van der Waals surface area contributed by atoms with Gasteiger partial charge in [0.2, 0.25) is 11.8 Å². The van der Waals surface area contributed by atoms with E-state index in [1.807, 2.05) is 80.5 Å². The molecule has 0 radical (unpaired) electrons. The molecule has 0 unspecified atom stereocenters. The van der Waals surface area contributed by atoms with Crippen LogP contribution >= 0.6 is 0 Å². The molecular formula is C33H42N6O4. The van der Waals surface area contributed by atoms with E-state index in [9.17, 15) is 19.5 Å². The first kappa shape index (κ1) is 31.4. The number of hydrogen-bond acceptors (Lipinski definition) is 6. The Balaban J connectivity index is 0.00000423. The number of nitrogens with zero attached hydrogens (tertiary/aromatic N) is 5. The Bertz CT molecular complexity index is 1430. The standard InChI is InChI=1S/C32H38N6O4.CH4/c1-22-30-37(29(40)21-35(4)38(30)32(42)33-19-24-9-6-5-7-10-24)28(18-23-13-15-27(39)16-14-23)31(41)36(22)20-25-11-8-12-26(17-25)34(2)3;/h5-17,22,28,30,39H,18-21H2,1-4H3,(H,33,42);1H4/t22-,28-,30-;/m0./s1. The number of urea groups is 1. The molecule has 10 heteroatoms. The van der Waals surface area contributed by atoms with E-state index in [2.05, 4.69) is 5.32 Å². The van der Waals surface area contributed by atoms with Crippen LogP contribution in [0.5, 0.6) is 5.75 Å². The average Bonchev–Trinajstić information content (AvgIpc) is 2.98. The zero-order valence-electron chi connectivity index (χ0n) is 24.5. The van der Waals surface area contributed by atoms with Crippen molar-refractivity contribution < 1.29 is 19.5 Å². The topological polar surface area (TPSA) is 99.7 Å². The summed E-state index contributed by atoms with van der Waals surface area (Å²) in [4.78, 5) is 47.0. The lowest BCUT2D eigenvalue weighted by Gasteiger charge is -2.57. The molecule has 43 heavy (non-hydrogen) atoms. The maximum absolute atomic E-state index is 14.2. The number of piperazine rings is 1. The number of benzene rings is 3. The number of phenolic OH excluding ortho intramolecular Hbond substituents is 1. The predicted molar refractivity (Wildman–Crippen MR) is 167 cm³/mol. The number of likely N-dealkylation sites (N-methyl/N-ethyl adjacent to an activating group) is 1. The molecule has 2 aliphatic heterocycles. The molecule has 0 bridgehead atoms. The molecule has 2 heterocycles. The van der Waals surface area contributed by atoms with Gasteiger partial charge in [-0.15, -0.1) is 0 Å². The van der Waals surface area contributed by atoms with Crippen LogP contribution in [0.3, 0.4) is 0 Å².